The first-order valence-electron chi connectivity index (χ1n) is 15.3. The molecule has 0 radical (unpaired) electrons. The van der Waals surface area contributed by atoms with Gasteiger partial charge in [0.2, 0.25) is 0 Å². The molecule has 0 saturated heterocycles. The zero-order chi connectivity index (χ0) is 30.8. The van der Waals surface area contributed by atoms with E-state index in [1.54, 1.807) is 12.1 Å². The van der Waals surface area contributed by atoms with E-state index in [0.717, 1.165) is 65.8 Å². The number of hydrogen-bond acceptors (Lipinski definition) is 0. The van der Waals surface area contributed by atoms with Crippen molar-refractivity contribution < 1.29 is 4.39 Å². The van der Waals surface area contributed by atoms with E-state index in [0.29, 0.717) is 4.47 Å². The molecule has 218 valence electrons. The molecule has 0 bridgehead atoms. The molecule has 0 aliphatic heterocycles. The topological polar surface area (TPSA) is 9.86 Å². The molecule has 2 aromatic heterocycles. The number of nitrogens with zero attached hydrogens (tertiary/aromatic N) is 2. The van der Waals surface area contributed by atoms with Crippen molar-refractivity contribution in [1.29, 1.82) is 0 Å². The van der Waals surface area contributed by atoms with Crippen LogP contribution in [-0.2, 0) is 0 Å². The molecule has 0 aliphatic carbocycles. The van der Waals surface area contributed by atoms with Gasteiger partial charge in [-0.05, 0) is 92.1 Å². The quantitative estimate of drug-likeness (QED) is 0.175. The molecule has 2 nitrogen and oxygen atoms in total. The molecule has 0 unspecified atom stereocenters. The first-order valence-corrected chi connectivity index (χ1v) is 16.1. The lowest BCUT2D eigenvalue weighted by molar-refractivity contribution is 0.620. The number of benzene rings is 7. The van der Waals surface area contributed by atoms with E-state index in [1.807, 2.05) is 6.07 Å². The number of fused-ring (bicyclic) bond motifs is 10. The lowest BCUT2D eigenvalue weighted by Crippen LogP contribution is -2.00. The summed E-state index contributed by atoms with van der Waals surface area (Å²) in [5.74, 6) is -0.306. The molecule has 46 heavy (non-hydrogen) atoms. The highest BCUT2D eigenvalue weighted by atomic mass is 79.9. The van der Waals surface area contributed by atoms with Gasteiger partial charge in [-0.3, -0.25) is 0 Å². The highest BCUT2D eigenvalue weighted by molar-refractivity contribution is 9.10. The Morgan fingerprint density at radius 2 is 0.696 bits per heavy atom. The molecule has 2 heterocycles. The molecule has 0 spiro atoms. The van der Waals surface area contributed by atoms with Crippen molar-refractivity contribution in [3.63, 3.8) is 0 Å². The summed E-state index contributed by atoms with van der Waals surface area (Å²) < 4.78 is 20.3. The van der Waals surface area contributed by atoms with Crippen LogP contribution in [0.15, 0.2) is 162 Å². The number of hydrogen-bond donors (Lipinski definition) is 0. The van der Waals surface area contributed by atoms with Crippen molar-refractivity contribution in [2.75, 3.05) is 0 Å². The zero-order valence-electron chi connectivity index (χ0n) is 24.7. The van der Waals surface area contributed by atoms with Crippen LogP contribution in [0.5, 0.6) is 0 Å². The molecule has 0 atom stereocenters. The van der Waals surface area contributed by atoms with Crippen molar-refractivity contribution in [2.45, 2.75) is 0 Å². The number of rotatable bonds is 2. The van der Waals surface area contributed by atoms with Crippen LogP contribution in [0.3, 0.4) is 0 Å². The lowest BCUT2D eigenvalue weighted by Gasteiger charge is -2.16. The first-order chi connectivity index (χ1) is 22.7. The molecule has 7 aromatic carbocycles. The molecule has 9 aromatic rings. The van der Waals surface area contributed by atoms with Gasteiger partial charge in [-0.15, -0.1) is 0 Å². The van der Waals surface area contributed by atoms with Crippen LogP contribution >= 0.6 is 15.9 Å². The Balaban J connectivity index is 1.56. The van der Waals surface area contributed by atoms with Crippen molar-refractivity contribution in [1.82, 2.24) is 9.13 Å². The van der Waals surface area contributed by atoms with Crippen molar-refractivity contribution in [2.24, 2.45) is 0 Å². The third-order valence-corrected chi connectivity index (χ3v) is 9.73. The van der Waals surface area contributed by atoms with Crippen molar-refractivity contribution in [3.05, 3.63) is 168 Å². The Hall–Kier alpha value is -5.45. The average Bonchev–Trinajstić information content (AvgIpc) is 3.46. The van der Waals surface area contributed by atoms with Gasteiger partial charge in [0.25, 0.3) is 0 Å². The van der Waals surface area contributed by atoms with Gasteiger partial charge in [0.15, 0.2) is 0 Å². The lowest BCUT2D eigenvalue weighted by atomic mass is 10.0. The van der Waals surface area contributed by atoms with Crippen LogP contribution in [-0.4, -0.2) is 9.13 Å². The number of para-hydroxylation sites is 3. The third-order valence-electron chi connectivity index (χ3n) is 9.09. The Morgan fingerprint density at radius 3 is 1.20 bits per heavy atom. The summed E-state index contributed by atoms with van der Waals surface area (Å²) in [6.45, 7) is 0. The molecule has 0 amide bonds. The Labute approximate surface area is 273 Å². The molecular formula is C42H26BrFN2. The minimum atomic E-state index is -0.306. The maximum atomic E-state index is 15.3. The van der Waals surface area contributed by atoms with Crippen LogP contribution in [0, 0.1) is 5.82 Å². The van der Waals surface area contributed by atoms with Gasteiger partial charge in [-0.1, -0.05) is 103 Å². The predicted molar refractivity (Wildman–Crippen MR) is 195 cm³/mol. The van der Waals surface area contributed by atoms with Gasteiger partial charge in [0, 0.05) is 32.9 Å². The van der Waals surface area contributed by atoms with Gasteiger partial charge in [0.05, 0.1) is 26.5 Å². The molecule has 0 fully saturated rings. The second-order valence-corrected chi connectivity index (χ2v) is 12.5. The fraction of sp³-hybridized carbons (Fsp3) is 0. The van der Waals surface area contributed by atoms with Crippen LogP contribution < -0.4 is 0 Å². The summed E-state index contributed by atoms with van der Waals surface area (Å²) >= 11 is 3.37. The van der Waals surface area contributed by atoms with Crippen molar-refractivity contribution in [3.8, 4) is 11.4 Å². The summed E-state index contributed by atoms with van der Waals surface area (Å²) in [6, 6.07) is 54.9. The van der Waals surface area contributed by atoms with Crippen LogP contribution in [0.25, 0.3) is 76.5 Å². The van der Waals surface area contributed by atoms with E-state index in [1.165, 1.54) is 10.8 Å². The second-order valence-electron chi connectivity index (χ2n) is 11.6. The first kappa shape index (κ1) is 26.9. The molecule has 0 saturated carbocycles. The van der Waals surface area contributed by atoms with Gasteiger partial charge in [-0.25, -0.2) is 4.39 Å². The van der Waals surface area contributed by atoms with Gasteiger partial charge < -0.3 is 9.13 Å². The normalized spacial score (nSPS) is 11.7. The Kier molecular flexibility index (Phi) is 6.19. The highest BCUT2D eigenvalue weighted by Gasteiger charge is 2.15. The highest BCUT2D eigenvalue weighted by Crippen LogP contribution is 2.37. The average molecular weight is 658 g/mol. The van der Waals surface area contributed by atoms with Crippen LogP contribution in [0.1, 0.15) is 0 Å². The summed E-state index contributed by atoms with van der Waals surface area (Å²) in [4.78, 5) is 0. The fourth-order valence-electron chi connectivity index (χ4n) is 7.11. The van der Waals surface area contributed by atoms with Crippen molar-refractivity contribution >= 4 is 81.1 Å². The Morgan fingerprint density at radius 1 is 0.348 bits per heavy atom. The van der Waals surface area contributed by atoms with E-state index < -0.39 is 0 Å². The van der Waals surface area contributed by atoms with Gasteiger partial charge in [0.1, 0.15) is 5.82 Å². The van der Waals surface area contributed by atoms with E-state index in [2.05, 4.69) is 165 Å². The van der Waals surface area contributed by atoms with E-state index in [9.17, 15) is 0 Å². The second kappa shape index (κ2) is 10.6. The largest absolute Gasteiger partial charge is 0.309 e. The molecule has 4 heteroatoms. The van der Waals surface area contributed by atoms with E-state index >= 15 is 4.39 Å². The summed E-state index contributed by atoms with van der Waals surface area (Å²) in [7, 11) is 0. The van der Waals surface area contributed by atoms with E-state index in [4.69, 9.17) is 0 Å². The third kappa shape index (κ3) is 4.07. The fourth-order valence-corrected chi connectivity index (χ4v) is 7.36. The van der Waals surface area contributed by atoms with Gasteiger partial charge in [-0.2, -0.15) is 0 Å². The van der Waals surface area contributed by atoms with Gasteiger partial charge >= 0.3 is 0 Å². The molecule has 9 rings (SSSR count). The maximum absolute atomic E-state index is 15.3. The minimum absolute atomic E-state index is 0.306. The number of halogens is 2. The standard InChI is InChI=1S/C42H26BrFN2/c43-37-23-21-28(26-38(37)44)46-39-18-8-5-15-33(39)31-13-3-1-11-29(31)30-12-2-4-14-32(30)36-25-27(22-24-42(36)46)45-40-19-9-6-16-34(40)35-17-7-10-20-41(35)45/h1-26H. The Bertz CT molecular complexity index is 2680. The minimum Gasteiger partial charge on any atom is -0.309 e. The summed E-state index contributed by atoms with van der Waals surface area (Å²) in [5.41, 5.74) is 6.07. The smallest absolute Gasteiger partial charge is 0.139 e. The predicted octanol–water partition coefficient (Wildman–Crippen LogP) is 12.2. The maximum Gasteiger partial charge on any atom is 0.139 e. The van der Waals surface area contributed by atoms with Crippen LogP contribution in [0.2, 0.25) is 0 Å². The van der Waals surface area contributed by atoms with Crippen LogP contribution in [0.4, 0.5) is 4.39 Å². The molecule has 0 N–H and O–H groups in total. The monoisotopic (exact) mass is 656 g/mol. The molecular weight excluding hydrogens is 631 g/mol. The van der Waals surface area contributed by atoms with E-state index in [-0.39, 0.29) is 5.82 Å². The number of aromatic nitrogens is 2. The zero-order valence-corrected chi connectivity index (χ0v) is 26.2. The SMILES string of the molecule is Fc1cc(-n2c3ccccc3c3ccccc3c3ccccc3c3cc(-n4c5ccccc5c5ccccc54)ccc32)ccc1Br. The summed E-state index contributed by atoms with van der Waals surface area (Å²) in [6.07, 6.45) is 0. The summed E-state index contributed by atoms with van der Waals surface area (Å²) in [5, 5.41) is 9.13. The molecule has 0 aliphatic rings.